The molecule has 2 rings (SSSR count). The van der Waals surface area contributed by atoms with Crippen LogP contribution in [-0.4, -0.2) is 38.3 Å². The Bertz CT molecular complexity index is 211. The van der Waals surface area contributed by atoms with Gasteiger partial charge in [-0.05, 0) is 18.8 Å². The van der Waals surface area contributed by atoms with E-state index in [4.69, 9.17) is 4.74 Å². The molecule has 0 aromatic heterocycles. The van der Waals surface area contributed by atoms with Crippen LogP contribution in [0.4, 0.5) is 0 Å². The second kappa shape index (κ2) is 5.47. The zero-order chi connectivity index (χ0) is 10.5. The topological polar surface area (TPSA) is 50.4 Å². The minimum atomic E-state index is 0.0696. The third kappa shape index (κ3) is 3.47. The predicted molar refractivity (Wildman–Crippen MR) is 57.6 cm³/mol. The maximum absolute atomic E-state index is 11.5. The maximum Gasteiger partial charge on any atom is 0.222 e. The molecule has 1 heterocycles. The van der Waals surface area contributed by atoms with Crippen LogP contribution in [-0.2, 0) is 9.53 Å². The number of hydrogen-bond donors (Lipinski definition) is 2. The van der Waals surface area contributed by atoms with Gasteiger partial charge in [0.05, 0.1) is 19.1 Å². The van der Waals surface area contributed by atoms with Gasteiger partial charge in [0.15, 0.2) is 0 Å². The molecule has 4 nitrogen and oxygen atoms in total. The third-order valence-electron chi connectivity index (χ3n) is 3.23. The highest BCUT2D eigenvalue weighted by Gasteiger charge is 2.20. The fourth-order valence-electron chi connectivity index (χ4n) is 1.98. The summed E-state index contributed by atoms with van der Waals surface area (Å²) in [6.07, 6.45) is 4.46. The number of ether oxygens (including phenoxy) is 1. The van der Waals surface area contributed by atoms with E-state index in [0.29, 0.717) is 6.42 Å². The molecule has 1 unspecified atom stereocenters. The number of hydrogen-bond acceptors (Lipinski definition) is 3. The molecule has 86 valence electrons. The lowest BCUT2D eigenvalue weighted by Gasteiger charge is -2.26. The van der Waals surface area contributed by atoms with Gasteiger partial charge in [0.1, 0.15) is 0 Å². The van der Waals surface area contributed by atoms with Crippen LogP contribution in [0.25, 0.3) is 0 Å². The lowest BCUT2D eigenvalue weighted by Crippen LogP contribution is -2.42. The van der Waals surface area contributed by atoms with E-state index in [9.17, 15) is 4.79 Å². The van der Waals surface area contributed by atoms with E-state index < -0.39 is 0 Å². The smallest absolute Gasteiger partial charge is 0.222 e. The first-order valence-corrected chi connectivity index (χ1v) is 5.93. The minimum Gasteiger partial charge on any atom is -0.375 e. The zero-order valence-corrected chi connectivity index (χ0v) is 9.13. The molecule has 4 heteroatoms. The molecule has 1 atom stereocenters. The first kappa shape index (κ1) is 10.9. The van der Waals surface area contributed by atoms with Gasteiger partial charge in [0.2, 0.25) is 5.91 Å². The van der Waals surface area contributed by atoms with Crippen molar-refractivity contribution in [2.75, 3.05) is 26.2 Å². The minimum absolute atomic E-state index is 0.0696. The Morgan fingerprint density at radius 3 is 2.93 bits per heavy atom. The van der Waals surface area contributed by atoms with Crippen molar-refractivity contribution in [3.05, 3.63) is 0 Å². The number of morpholine rings is 1. The summed E-state index contributed by atoms with van der Waals surface area (Å²) >= 11 is 0. The van der Waals surface area contributed by atoms with Crippen LogP contribution in [0.15, 0.2) is 0 Å². The van der Waals surface area contributed by atoms with Gasteiger partial charge in [-0.25, -0.2) is 0 Å². The van der Waals surface area contributed by atoms with Gasteiger partial charge < -0.3 is 15.4 Å². The SMILES string of the molecule is O=C(CC1CNCCO1)NCC1CCC1. The molecule has 1 amide bonds. The number of carbonyl (C=O) groups excluding carboxylic acids is 1. The summed E-state index contributed by atoms with van der Waals surface area (Å²) < 4.78 is 5.47. The molecule has 0 radical (unpaired) electrons. The van der Waals surface area contributed by atoms with Gasteiger partial charge in [-0.15, -0.1) is 0 Å². The van der Waals surface area contributed by atoms with Crippen molar-refractivity contribution >= 4 is 5.91 Å². The molecule has 2 aliphatic rings. The van der Waals surface area contributed by atoms with Gasteiger partial charge in [-0.2, -0.15) is 0 Å². The second-order valence-electron chi connectivity index (χ2n) is 4.50. The van der Waals surface area contributed by atoms with Crippen LogP contribution < -0.4 is 10.6 Å². The van der Waals surface area contributed by atoms with Crippen LogP contribution in [0.3, 0.4) is 0 Å². The quantitative estimate of drug-likeness (QED) is 0.704. The monoisotopic (exact) mass is 212 g/mol. The van der Waals surface area contributed by atoms with Crippen LogP contribution in [0.1, 0.15) is 25.7 Å². The van der Waals surface area contributed by atoms with Crippen molar-refractivity contribution in [1.82, 2.24) is 10.6 Å². The molecule has 0 spiro atoms. The highest BCUT2D eigenvalue weighted by Crippen LogP contribution is 2.25. The van der Waals surface area contributed by atoms with Crippen molar-refractivity contribution in [3.63, 3.8) is 0 Å². The summed E-state index contributed by atoms with van der Waals surface area (Å²) in [5, 5.41) is 6.21. The number of carbonyl (C=O) groups is 1. The normalized spacial score (nSPS) is 27.1. The molecule has 1 saturated heterocycles. The van der Waals surface area contributed by atoms with Crippen molar-refractivity contribution in [3.8, 4) is 0 Å². The van der Waals surface area contributed by atoms with Crippen LogP contribution in [0.5, 0.6) is 0 Å². The molecule has 0 aromatic rings. The molecule has 0 bridgehead atoms. The molecular formula is C11H20N2O2. The van der Waals surface area contributed by atoms with Crippen LogP contribution in [0.2, 0.25) is 0 Å². The standard InChI is InChI=1S/C11H20N2O2/c14-11(13-7-9-2-1-3-9)6-10-8-12-4-5-15-10/h9-10,12H,1-8H2,(H,13,14). The molecule has 1 saturated carbocycles. The van der Waals surface area contributed by atoms with Crippen molar-refractivity contribution in [1.29, 1.82) is 0 Å². The summed E-state index contributed by atoms with van der Waals surface area (Å²) in [7, 11) is 0. The number of amides is 1. The second-order valence-corrected chi connectivity index (χ2v) is 4.50. The molecule has 2 N–H and O–H groups in total. The van der Waals surface area contributed by atoms with Crippen molar-refractivity contribution < 1.29 is 9.53 Å². The van der Waals surface area contributed by atoms with Crippen molar-refractivity contribution in [2.24, 2.45) is 5.92 Å². The molecule has 1 aliphatic heterocycles. The van der Waals surface area contributed by atoms with Gasteiger partial charge in [-0.3, -0.25) is 4.79 Å². The summed E-state index contributed by atoms with van der Waals surface area (Å²) in [5.74, 6) is 0.870. The fourth-order valence-corrected chi connectivity index (χ4v) is 1.98. The third-order valence-corrected chi connectivity index (χ3v) is 3.23. The van der Waals surface area contributed by atoms with E-state index in [1.54, 1.807) is 0 Å². The Hall–Kier alpha value is -0.610. The molecule has 0 aromatic carbocycles. The number of rotatable bonds is 4. The van der Waals surface area contributed by atoms with Gasteiger partial charge in [-0.1, -0.05) is 6.42 Å². The summed E-state index contributed by atoms with van der Waals surface area (Å²) in [4.78, 5) is 11.5. The average Bonchev–Trinajstić information content (AvgIpc) is 2.17. The Kier molecular flexibility index (Phi) is 3.97. The van der Waals surface area contributed by atoms with Crippen molar-refractivity contribution in [2.45, 2.75) is 31.8 Å². The zero-order valence-electron chi connectivity index (χ0n) is 9.13. The highest BCUT2D eigenvalue weighted by molar-refractivity contribution is 5.76. The largest absolute Gasteiger partial charge is 0.375 e. The number of nitrogens with one attached hydrogen (secondary N) is 2. The Labute approximate surface area is 90.8 Å². The summed E-state index contributed by atoms with van der Waals surface area (Å²) in [6.45, 7) is 3.29. The Morgan fingerprint density at radius 2 is 2.33 bits per heavy atom. The Morgan fingerprint density at radius 1 is 1.47 bits per heavy atom. The first-order chi connectivity index (χ1) is 7.34. The van der Waals surface area contributed by atoms with E-state index in [0.717, 1.165) is 32.2 Å². The van der Waals surface area contributed by atoms with Gasteiger partial charge in [0.25, 0.3) is 0 Å². The fraction of sp³-hybridized carbons (Fsp3) is 0.909. The molecule has 2 fully saturated rings. The predicted octanol–water partition coefficient (Wildman–Crippen LogP) is 0.281. The molecule has 15 heavy (non-hydrogen) atoms. The van der Waals surface area contributed by atoms with E-state index >= 15 is 0 Å². The van der Waals surface area contributed by atoms with E-state index in [-0.39, 0.29) is 12.0 Å². The lowest BCUT2D eigenvalue weighted by molar-refractivity contribution is -0.124. The van der Waals surface area contributed by atoms with E-state index in [1.807, 2.05) is 0 Å². The summed E-state index contributed by atoms with van der Waals surface area (Å²) in [5.41, 5.74) is 0. The average molecular weight is 212 g/mol. The van der Waals surface area contributed by atoms with E-state index in [1.165, 1.54) is 19.3 Å². The first-order valence-electron chi connectivity index (χ1n) is 5.93. The summed E-state index contributed by atoms with van der Waals surface area (Å²) in [6, 6.07) is 0. The highest BCUT2D eigenvalue weighted by atomic mass is 16.5. The van der Waals surface area contributed by atoms with Gasteiger partial charge >= 0.3 is 0 Å². The van der Waals surface area contributed by atoms with Crippen LogP contribution in [0, 0.1) is 5.92 Å². The lowest BCUT2D eigenvalue weighted by atomic mass is 9.85. The van der Waals surface area contributed by atoms with E-state index in [2.05, 4.69) is 10.6 Å². The molecular weight excluding hydrogens is 192 g/mol. The van der Waals surface area contributed by atoms with Gasteiger partial charge in [0, 0.05) is 19.6 Å². The van der Waals surface area contributed by atoms with Crippen LogP contribution >= 0.6 is 0 Å². The Balaban J connectivity index is 1.58. The maximum atomic E-state index is 11.5. The molecule has 1 aliphatic carbocycles.